The number of para-hydroxylation sites is 1. The first-order valence-corrected chi connectivity index (χ1v) is 13.9. The second-order valence-corrected chi connectivity index (χ2v) is 12.7. The second kappa shape index (κ2) is 9.81. The zero-order valence-corrected chi connectivity index (χ0v) is 24.0. The Morgan fingerprint density at radius 3 is 2.58 bits per heavy atom. The molecule has 2 N–H and O–H groups in total. The topological polar surface area (TPSA) is 109 Å². The van der Waals surface area contributed by atoms with E-state index in [4.69, 9.17) is 0 Å². The van der Waals surface area contributed by atoms with E-state index in [0.29, 0.717) is 12.1 Å². The summed E-state index contributed by atoms with van der Waals surface area (Å²) in [7, 11) is 1.64. The summed E-state index contributed by atoms with van der Waals surface area (Å²) in [6.07, 6.45) is 0.655. The van der Waals surface area contributed by atoms with E-state index in [-0.39, 0.29) is 42.0 Å². The summed E-state index contributed by atoms with van der Waals surface area (Å²) >= 11 is 0. The number of anilines is 1. The average molecular weight is 540 g/mol. The van der Waals surface area contributed by atoms with Gasteiger partial charge < -0.3 is 20.1 Å². The lowest BCUT2D eigenvalue weighted by Crippen LogP contribution is -2.52. The highest BCUT2D eigenvalue weighted by Gasteiger charge is 2.56. The number of nitriles is 1. The van der Waals surface area contributed by atoms with E-state index in [2.05, 4.69) is 49.3 Å². The highest BCUT2D eigenvalue weighted by atomic mass is 16.2. The standard InChI is InChI=1S/C32H37N5O3/c1-19(2)13-27(36(6)28(38)26-15-20-14-21(31(3,4)5)11-12-24(20)34-26)29(39)37-18-32(16-22(37)17-33)23-9-7-8-10-25(23)35-30(32)40/h7-12,14-15,19,22,27,34H,13,16,18H2,1-6H3,(H,35,40)/t22-,27?,32-/m0/s1. The van der Waals surface area contributed by atoms with Crippen LogP contribution >= 0.6 is 0 Å². The van der Waals surface area contributed by atoms with Crippen molar-refractivity contribution in [3.05, 3.63) is 65.4 Å². The Kier molecular flexibility index (Phi) is 6.73. The van der Waals surface area contributed by atoms with Crippen molar-refractivity contribution in [2.24, 2.45) is 5.92 Å². The first-order chi connectivity index (χ1) is 18.9. The molecule has 1 aromatic heterocycles. The Bertz CT molecular complexity index is 1540. The lowest BCUT2D eigenvalue weighted by molar-refractivity contribution is -0.136. The van der Waals surface area contributed by atoms with Gasteiger partial charge in [-0.25, -0.2) is 0 Å². The van der Waals surface area contributed by atoms with Gasteiger partial charge in [-0.2, -0.15) is 5.26 Å². The van der Waals surface area contributed by atoms with Gasteiger partial charge in [-0.15, -0.1) is 0 Å². The smallest absolute Gasteiger partial charge is 0.270 e. The third kappa shape index (κ3) is 4.53. The molecule has 8 nitrogen and oxygen atoms in total. The Hall–Kier alpha value is -4.12. The maximum Gasteiger partial charge on any atom is 0.270 e. The molecule has 8 heteroatoms. The van der Waals surface area contributed by atoms with E-state index in [1.807, 2.05) is 50.2 Å². The largest absolute Gasteiger partial charge is 0.351 e. The summed E-state index contributed by atoms with van der Waals surface area (Å²) < 4.78 is 0. The molecule has 3 amide bonds. The number of likely N-dealkylation sites (tertiary alicyclic amines) is 1. The molecule has 3 heterocycles. The van der Waals surface area contributed by atoms with Crippen LogP contribution in [0.1, 0.15) is 69.1 Å². The fraction of sp³-hybridized carbons (Fsp3) is 0.438. The maximum atomic E-state index is 14.2. The van der Waals surface area contributed by atoms with Crippen LogP contribution in [-0.4, -0.2) is 58.2 Å². The van der Waals surface area contributed by atoms with Crippen molar-refractivity contribution in [1.82, 2.24) is 14.8 Å². The predicted octanol–water partition coefficient (Wildman–Crippen LogP) is 4.97. The van der Waals surface area contributed by atoms with Crippen molar-refractivity contribution < 1.29 is 14.4 Å². The van der Waals surface area contributed by atoms with E-state index >= 15 is 0 Å². The van der Waals surface area contributed by atoms with Gasteiger partial charge in [0.25, 0.3) is 5.91 Å². The quantitative estimate of drug-likeness (QED) is 0.477. The van der Waals surface area contributed by atoms with Crippen LogP contribution in [0.4, 0.5) is 5.69 Å². The van der Waals surface area contributed by atoms with Crippen LogP contribution in [-0.2, 0) is 20.4 Å². The minimum atomic E-state index is -0.973. The Morgan fingerprint density at radius 2 is 1.90 bits per heavy atom. The number of nitrogens with one attached hydrogen (secondary N) is 2. The van der Waals surface area contributed by atoms with Gasteiger partial charge in [0.05, 0.1) is 11.5 Å². The van der Waals surface area contributed by atoms with E-state index in [1.165, 1.54) is 15.4 Å². The average Bonchev–Trinajstić information content (AvgIpc) is 3.59. The van der Waals surface area contributed by atoms with Gasteiger partial charge in [-0.1, -0.05) is 58.9 Å². The van der Waals surface area contributed by atoms with Crippen molar-refractivity contribution in [1.29, 1.82) is 5.26 Å². The van der Waals surface area contributed by atoms with Crippen LogP contribution < -0.4 is 5.32 Å². The lowest BCUT2D eigenvalue weighted by Gasteiger charge is -2.33. The fourth-order valence-corrected chi connectivity index (χ4v) is 6.09. The molecule has 2 aliphatic rings. The number of fused-ring (bicyclic) bond motifs is 3. The molecule has 208 valence electrons. The van der Waals surface area contributed by atoms with Crippen molar-refractivity contribution in [2.75, 3.05) is 18.9 Å². The van der Waals surface area contributed by atoms with Crippen molar-refractivity contribution >= 4 is 34.3 Å². The molecule has 3 aromatic rings. The van der Waals surface area contributed by atoms with Crippen molar-refractivity contribution in [3.63, 3.8) is 0 Å². The van der Waals surface area contributed by atoms with Crippen LogP contribution in [0.5, 0.6) is 0 Å². The number of aromatic amines is 1. The minimum absolute atomic E-state index is 0.0255. The first kappa shape index (κ1) is 27.4. The molecule has 5 rings (SSSR count). The number of hydrogen-bond acceptors (Lipinski definition) is 4. The molecule has 0 radical (unpaired) electrons. The van der Waals surface area contributed by atoms with E-state index in [0.717, 1.165) is 22.2 Å². The first-order valence-electron chi connectivity index (χ1n) is 13.9. The molecular weight excluding hydrogens is 502 g/mol. The number of aromatic nitrogens is 1. The Labute approximate surface area is 235 Å². The molecule has 1 unspecified atom stereocenters. The van der Waals surface area contributed by atoms with Crippen LogP contribution in [0.2, 0.25) is 0 Å². The summed E-state index contributed by atoms with van der Waals surface area (Å²) in [5.74, 6) is -0.675. The number of carbonyl (C=O) groups is 3. The maximum absolute atomic E-state index is 14.2. The number of hydrogen-bond donors (Lipinski definition) is 2. The molecule has 40 heavy (non-hydrogen) atoms. The monoisotopic (exact) mass is 539 g/mol. The number of nitrogens with zero attached hydrogens (tertiary/aromatic N) is 3. The summed E-state index contributed by atoms with van der Waals surface area (Å²) in [5.41, 5.74) is 2.97. The van der Waals surface area contributed by atoms with Gasteiger partial charge in [0.2, 0.25) is 11.8 Å². The SMILES string of the molecule is CC(C)CC(C(=O)N1C[C@]2(C[C@H]1C#N)C(=O)Nc1ccccc12)N(C)C(=O)c1cc2cc(C(C)(C)C)ccc2[nH]1. The normalized spacial score (nSPS) is 21.0. The van der Waals surface area contributed by atoms with Crippen LogP contribution in [0.15, 0.2) is 48.5 Å². The highest BCUT2D eigenvalue weighted by Crippen LogP contribution is 2.46. The molecule has 0 saturated carbocycles. The number of likely N-dealkylation sites (N-methyl/N-ethyl adjacent to an activating group) is 1. The third-order valence-electron chi connectivity index (χ3n) is 8.40. The number of rotatable bonds is 5. The van der Waals surface area contributed by atoms with Crippen molar-refractivity contribution in [3.8, 4) is 6.07 Å². The van der Waals surface area contributed by atoms with E-state index in [9.17, 15) is 19.6 Å². The number of H-pyrrole nitrogens is 1. The van der Waals surface area contributed by atoms with Gasteiger partial charge in [-0.3, -0.25) is 14.4 Å². The molecule has 0 bridgehead atoms. The summed E-state index contributed by atoms with van der Waals surface area (Å²) in [6.45, 7) is 10.5. The minimum Gasteiger partial charge on any atom is -0.351 e. The van der Waals surface area contributed by atoms with Crippen LogP contribution in [0.3, 0.4) is 0 Å². The zero-order valence-electron chi connectivity index (χ0n) is 24.0. The van der Waals surface area contributed by atoms with E-state index < -0.39 is 17.5 Å². The Morgan fingerprint density at radius 1 is 1.18 bits per heavy atom. The number of carbonyl (C=O) groups excluding carboxylic acids is 3. The second-order valence-electron chi connectivity index (χ2n) is 12.7. The van der Waals surface area contributed by atoms with E-state index in [1.54, 1.807) is 7.05 Å². The molecule has 2 aliphatic heterocycles. The third-order valence-corrected chi connectivity index (χ3v) is 8.40. The van der Waals surface area contributed by atoms with Gasteiger partial charge >= 0.3 is 0 Å². The molecule has 2 aromatic carbocycles. The van der Waals surface area contributed by atoms with Gasteiger partial charge in [0.1, 0.15) is 17.8 Å². The molecular formula is C32H37N5O3. The van der Waals surface area contributed by atoms with Gasteiger partial charge in [0, 0.05) is 36.6 Å². The predicted molar refractivity (Wildman–Crippen MR) is 155 cm³/mol. The van der Waals surface area contributed by atoms with Gasteiger partial charge in [0.15, 0.2) is 0 Å². The molecule has 1 saturated heterocycles. The number of benzene rings is 2. The molecule has 1 fully saturated rings. The number of amides is 3. The Balaban J connectivity index is 1.45. The molecule has 1 spiro atoms. The highest BCUT2D eigenvalue weighted by molar-refractivity contribution is 6.07. The summed E-state index contributed by atoms with van der Waals surface area (Å²) in [6, 6.07) is 16.1. The molecule has 3 atom stereocenters. The summed E-state index contributed by atoms with van der Waals surface area (Å²) in [5, 5.41) is 13.9. The summed E-state index contributed by atoms with van der Waals surface area (Å²) in [4.78, 5) is 47.3. The van der Waals surface area contributed by atoms with Crippen LogP contribution in [0.25, 0.3) is 10.9 Å². The lowest BCUT2D eigenvalue weighted by atomic mass is 9.80. The van der Waals surface area contributed by atoms with Gasteiger partial charge in [-0.05, 0) is 53.1 Å². The fourth-order valence-electron chi connectivity index (χ4n) is 6.09. The molecule has 0 aliphatic carbocycles. The zero-order chi connectivity index (χ0) is 29.0. The van der Waals surface area contributed by atoms with Crippen molar-refractivity contribution in [2.45, 2.75) is 70.4 Å². The van der Waals surface area contributed by atoms with Crippen LogP contribution in [0, 0.1) is 17.2 Å².